The van der Waals surface area contributed by atoms with Gasteiger partial charge in [-0.25, -0.2) is 12.8 Å². The number of benzene rings is 4. The molecule has 4 aromatic carbocycles. The minimum Gasteiger partial charge on any atom is -0.352 e. The molecule has 0 aromatic heterocycles. The van der Waals surface area contributed by atoms with Gasteiger partial charge in [-0.1, -0.05) is 90.8 Å². The number of carbonyl (C=O) groups is 2. The highest BCUT2D eigenvalue weighted by Gasteiger charge is 2.35. The Morgan fingerprint density at radius 3 is 2.22 bits per heavy atom. The van der Waals surface area contributed by atoms with Crippen molar-refractivity contribution in [1.29, 1.82) is 0 Å². The van der Waals surface area contributed by atoms with Crippen molar-refractivity contribution in [3.8, 4) is 0 Å². The Morgan fingerprint density at radius 1 is 0.911 bits per heavy atom. The van der Waals surface area contributed by atoms with Crippen LogP contribution < -0.4 is 9.62 Å². The molecule has 10 heteroatoms. The number of nitrogens with zero attached hydrogens (tertiary/aromatic N) is 2. The molecule has 0 aliphatic heterocycles. The van der Waals surface area contributed by atoms with E-state index in [4.69, 9.17) is 11.6 Å². The second-order valence-corrected chi connectivity index (χ2v) is 13.2. The summed E-state index contributed by atoms with van der Waals surface area (Å²) < 4.78 is 44.2. The number of anilines is 1. The summed E-state index contributed by atoms with van der Waals surface area (Å²) in [5.41, 5.74) is 2.01. The molecule has 2 amide bonds. The van der Waals surface area contributed by atoms with Gasteiger partial charge in [-0.15, -0.1) is 0 Å². The second kappa shape index (κ2) is 15.2. The molecule has 7 nitrogen and oxygen atoms in total. The molecule has 0 aliphatic rings. The molecule has 0 unspecified atom stereocenters. The van der Waals surface area contributed by atoms with Crippen molar-refractivity contribution in [2.45, 2.75) is 57.1 Å². The number of sulfonamides is 1. The Bertz CT molecular complexity index is 1720. The Balaban J connectivity index is 1.82. The maximum atomic E-state index is 15.0. The summed E-state index contributed by atoms with van der Waals surface area (Å²) in [5, 5.41) is 3.24. The molecule has 4 aromatic rings. The van der Waals surface area contributed by atoms with Crippen molar-refractivity contribution in [3.05, 3.63) is 131 Å². The number of hydrogen-bond acceptors (Lipinski definition) is 4. The normalized spacial score (nSPS) is 12.6. The van der Waals surface area contributed by atoms with Crippen molar-refractivity contribution in [2.75, 3.05) is 10.8 Å². The Morgan fingerprint density at radius 2 is 1.58 bits per heavy atom. The molecule has 1 N–H and O–H groups in total. The van der Waals surface area contributed by atoms with Gasteiger partial charge in [0.1, 0.15) is 18.4 Å². The topological polar surface area (TPSA) is 86.8 Å². The van der Waals surface area contributed by atoms with Gasteiger partial charge in [0.2, 0.25) is 11.8 Å². The third kappa shape index (κ3) is 8.71. The molecule has 0 spiro atoms. The van der Waals surface area contributed by atoms with Crippen molar-refractivity contribution in [1.82, 2.24) is 10.2 Å². The highest BCUT2D eigenvalue weighted by molar-refractivity contribution is 7.92. The number of rotatable bonds is 13. The molecular formula is C35H37ClFN3O4S. The van der Waals surface area contributed by atoms with E-state index in [0.717, 1.165) is 15.4 Å². The van der Waals surface area contributed by atoms with Crippen LogP contribution in [0.4, 0.5) is 10.1 Å². The zero-order chi connectivity index (χ0) is 32.6. The summed E-state index contributed by atoms with van der Waals surface area (Å²) in [6.07, 6.45) is 0.785. The monoisotopic (exact) mass is 649 g/mol. The molecule has 4 rings (SSSR count). The smallest absolute Gasteiger partial charge is 0.264 e. The molecular weight excluding hydrogens is 613 g/mol. The fourth-order valence-corrected chi connectivity index (χ4v) is 6.39. The van der Waals surface area contributed by atoms with E-state index in [2.05, 4.69) is 5.32 Å². The maximum absolute atomic E-state index is 15.0. The number of hydrogen-bond donors (Lipinski definition) is 1. The van der Waals surface area contributed by atoms with E-state index in [1.807, 2.05) is 51.1 Å². The Kier molecular flexibility index (Phi) is 11.4. The minimum absolute atomic E-state index is 0.0168. The highest BCUT2D eigenvalue weighted by Crippen LogP contribution is 2.27. The van der Waals surface area contributed by atoms with Crippen LogP contribution >= 0.6 is 11.6 Å². The first kappa shape index (κ1) is 33.7. The average molecular weight is 650 g/mol. The van der Waals surface area contributed by atoms with Gasteiger partial charge in [-0.05, 0) is 62.2 Å². The second-order valence-electron chi connectivity index (χ2n) is 10.9. The van der Waals surface area contributed by atoms with E-state index >= 15 is 4.39 Å². The predicted molar refractivity (Wildman–Crippen MR) is 176 cm³/mol. The van der Waals surface area contributed by atoms with Crippen LogP contribution in [0.3, 0.4) is 0 Å². The molecule has 0 saturated carbocycles. The third-order valence-corrected chi connectivity index (χ3v) is 9.58. The molecule has 0 radical (unpaired) electrons. The first-order chi connectivity index (χ1) is 21.5. The molecule has 0 saturated heterocycles. The van der Waals surface area contributed by atoms with Gasteiger partial charge in [0.05, 0.1) is 10.6 Å². The van der Waals surface area contributed by atoms with E-state index in [0.29, 0.717) is 6.42 Å². The molecule has 45 heavy (non-hydrogen) atoms. The number of halogens is 2. The molecule has 0 heterocycles. The zero-order valence-electron chi connectivity index (χ0n) is 25.5. The van der Waals surface area contributed by atoms with Crippen LogP contribution in [0.2, 0.25) is 5.02 Å². The van der Waals surface area contributed by atoms with Crippen LogP contribution in [0.25, 0.3) is 0 Å². The molecule has 0 fully saturated rings. The van der Waals surface area contributed by atoms with Gasteiger partial charge in [0.15, 0.2) is 0 Å². The van der Waals surface area contributed by atoms with E-state index in [1.54, 1.807) is 42.5 Å². The van der Waals surface area contributed by atoms with Gasteiger partial charge >= 0.3 is 0 Å². The van der Waals surface area contributed by atoms with Crippen molar-refractivity contribution < 1.29 is 22.4 Å². The van der Waals surface area contributed by atoms with Crippen molar-refractivity contribution in [3.63, 3.8) is 0 Å². The average Bonchev–Trinajstić information content (AvgIpc) is 3.02. The predicted octanol–water partition coefficient (Wildman–Crippen LogP) is 6.54. The Labute approximate surface area is 269 Å². The standard InChI is InChI=1S/C35H37ClFN3O4S/c1-4-26(3)38-35(42)33(21-27-11-6-5-7-12-27)39(23-28-13-8-9-16-32(28)37)34(41)24-40(30-15-10-14-29(36)22-30)45(43,44)31-19-17-25(2)18-20-31/h5-20,22,26,33H,4,21,23-24H2,1-3H3,(H,38,42)/t26-,33-/m0/s1. The Hall–Kier alpha value is -4.21. The largest absolute Gasteiger partial charge is 0.352 e. The van der Waals surface area contributed by atoms with Gasteiger partial charge in [-0.3, -0.25) is 13.9 Å². The van der Waals surface area contributed by atoms with E-state index in [1.165, 1.54) is 35.2 Å². The fraction of sp³-hybridized carbons (Fsp3) is 0.257. The van der Waals surface area contributed by atoms with Crippen LogP contribution in [0, 0.1) is 12.7 Å². The lowest BCUT2D eigenvalue weighted by atomic mass is 10.0. The van der Waals surface area contributed by atoms with Crippen molar-refractivity contribution >= 4 is 39.1 Å². The summed E-state index contributed by atoms with van der Waals surface area (Å²) in [4.78, 5) is 29.5. The summed E-state index contributed by atoms with van der Waals surface area (Å²) in [5.74, 6) is -1.65. The van der Waals surface area contributed by atoms with Crippen LogP contribution in [0.1, 0.15) is 37.0 Å². The van der Waals surface area contributed by atoms with Crippen LogP contribution in [0.5, 0.6) is 0 Å². The lowest BCUT2D eigenvalue weighted by Crippen LogP contribution is -2.54. The molecule has 236 valence electrons. The van der Waals surface area contributed by atoms with Crippen molar-refractivity contribution in [2.24, 2.45) is 0 Å². The summed E-state index contributed by atoms with van der Waals surface area (Å²) >= 11 is 6.26. The first-order valence-corrected chi connectivity index (χ1v) is 16.5. The summed E-state index contributed by atoms with van der Waals surface area (Å²) in [6, 6.07) is 26.4. The van der Waals surface area contributed by atoms with Crippen LogP contribution in [0.15, 0.2) is 108 Å². The molecule has 0 bridgehead atoms. The highest BCUT2D eigenvalue weighted by atomic mass is 35.5. The minimum atomic E-state index is -4.27. The van der Waals surface area contributed by atoms with Gasteiger partial charge in [-0.2, -0.15) is 0 Å². The third-order valence-electron chi connectivity index (χ3n) is 7.55. The van der Waals surface area contributed by atoms with E-state index < -0.39 is 40.2 Å². The number of nitrogens with one attached hydrogen (secondary N) is 1. The molecule has 2 atom stereocenters. The number of carbonyl (C=O) groups excluding carboxylic acids is 2. The van der Waals surface area contributed by atoms with Crippen LogP contribution in [-0.2, 0) is 32.6 Å². The molecule has 0 aliphatic carbocycles. The number of aryl methyl sites for hydroxylation is 1. The zero-order valence-corrected chi connectivity index (χ0v) is 27.1. The van der Waals surface area contributed by atoms with E-state index in [-0.39, 0.29) is 40.2 Å². The van der Waals surface area contributed by atoms with E-state index in [9.17, 15) is 18.0 Å². The lowest BCUT2D eigenvalue weighted by molar-refractivity contribution is -0.140. The first-order valence-electron chi connectivity index (χ1n) is 14.7. The van der Waals surface area contributed by atoms with Crippen LogP contribution in [-0.4, -0.2) is 43.8 Å². The quantitative estimate of drug-likeness (QED) is 0.178. The van der Waals surface area contributed by atoms with Gasteiger partial charge < -0.3 is 10.2 Å². The lowest BCUT2D eigenvalue weighted by Gasteiger charge is -2.34. The van der Waals surface area contributed by atoms with Gasteiger partial charge in [0, 0.05) is 29.6 Å². The fourth-order valence-electron chi connectivity index (χ4n) is 4.80. The number of amides is 2. The van der Waals surface area contributed by atoms with Gasteiger partial charge in [0.25, 0.3) is 10.0 Å². The SMILES string of the molecule is CC[C@H](C)NC(=O)[C@H](Cc1ccccc1)N(Cc1ccccc1F)C(=O)CN(c1cccc(Cl)c1)S(=O)(=O)c1ccc(C)cc1. The maximum Gasteiger partial charge on any atom is 0.264 e. The summed E-state index contributed by atoms with van der Waals surface area (Å²) in [6.45, 7) is 4.71. The summed E-state index contributed by atoms with van der Waals surface area (Å²) in [7, 11) is -4.27.